The van der Waals surface area contributed by atoms with Crippen molar-refractivity contribution in [3.8, 4) is 0 Å². The third-order valence-electron chi connectivity index (χ3n) is 6.25. The summed E-state index contributed by atoms with van der Waals surface area (Å²) in [6.45, 7) is 6.46. The quantitative estimate of drug-likeness (QED) is 0.769. The van der Waals surface area contributed by atoms with E-state index in [0.717, 1.165) is 24.1 Å². The lowest BCUT2D eigenvalue weighted by Gasteiger charge is -2.42. The molecule has 2 heterocycles. The van der Waals surface area contributed by atoms with Crippen molar-refractivity contribution in [1.82, 2.24) is 10.2 Å². The standard InChI is InChI=1S/C25H31FN2O3/c1-3-27-21-15-22(31-16-23(21)30-4-2)25(29)28-14-13-17-7-5-6-8-20(17)24(28)18-9-11-19(26)12-10-18/h5-12,21-24,27H,3-4,13-16H2,1-2H3/t21-,22+,23-,24-/m0/s1. The van der Waals surface area contributed by atoms with Crippen molar-refractivity contribution in [2.45, 2.75) is 51.0 Å². The SMILES string of the molecule is CCN[C@H]1C[C@H](C(=O)N2CCc3ccccc3[C@@H]2c2ccc(F)cc2)OC[C@@H]1OCC. The van der Waals surface area contributed by atoms with Gasteiger partial charge >= 0.3 is 0 Å². The first kappa shape index (κ1) is 21.9. The number of nitrogens with zero attached hydrogens (tertiary/aromatic N) is 1. The Morgan fingerprint density at radius 3 is 2.71 bits per heavy atom. The van der Waals surface area contributed by atoms with Gasteiger partial charge in [-0.25, -0.2) is 4.39 Å². The van der Waals surface area contributed by atoms with Crippen molar-refractivity contribution < 1.29 is 18.7 Å². The fraction of sp³-hybridized carbons (Fsp3) is 0.480. The first-order valence-corrected chi connectivity index (χ1v) is 11.2. The number of nitrogens with one attached hydrogen (secondary N) is 1. The molecule has 2 aromatic carbocycles. The molecule has 2 aliphatic heterocycles. The van der Waals surface area contributed by atoms with Gasteiger partial charge in [0.05, 0.1) is 18.8 Å². The summed E-state index contributed by atoms with van der Waals surface area (Å²) in [6.07, 6.45) is 0.800. The number of hydrogen-bond acceptors (Lipinski definition) is 4. The van der Waals surface area contributed by atoms with Gasteiger partial charge in [-0.15, -0.1) is 0 Å². The predicted molar refractivity (Wildman–Crippen MR) is 117 cm³/mol. The Labute approximate surface area is 183 Å². The van der Waals surface area contributed by atoms with E-state index >= 15 is 0 Å². The van der Waals surface area contributed by atoms with Gasteiger partial charge in [-0.1, -0.05) is 43.3 Å². The van der Waals surface area contributed by atoms with Crippen molar-refractivity contribution in [3.63, 3.8) is 0 Å². The van der Waals surface area contributed by atoms with Crippen LogP contribution in [0.3, 0.4) is 0 Å². The summed E-state index contributed by atoms with van der Waals surface area (Å²) in [5.74, 6) is -0.293. The van der Waals surface area contributed by atoms with Crippen LogP contribution in [-0.2, 0) is 20.7 Å². The van der Waals surface area contributed by atoms with E-state index in [1.54, 1.807) is 12.1 Å². The number of ether oxygens (including phenoxy) is 2. The highest BCUT2D eigenvalue weighted by atomic mass is 19.1. The fourth-order valence-corrected chi connectivity index (χ4v) is 4.80. The molecule has 0 aliphatic carbocycles. The number of hydrogen-bond donors (Lipinski definition) is 1. The van der Waals surface area contributed by atoms with Gasteiger partial charge in [0.2, 0.25) is 0 Å². The molecule has 166 valence electrons. The molecule has 0 spiro atoms. The first-order chi connectivity index (χ1) is 15.1. The highest BCUT2D eigenvalue weighted by Gasteiger charge is 2.40. The molecule has 1 fully saturated rings. The molecule has 0 radical (unpaired) electrons. The van der Waals surface area contributed by atoms with Crippen LogP contribution in [0.25, 0.3) is 0 Å². The summed E-state index contributed by atoms with van der Waals surface area (Å²) >= 11 is 0. The van der Waals surface area contributed by atoms with E-state index in [0.29, 0.717) is 26.2 Å². The van der Waals surface area contributed by atoms with Gasteiger partial charge in [0.15, 0.2) is 0 Å². The fourth-order valence-electron chi connectivity index (χ4n) is 4.80. The van der Waals surface area contributed by atoms with Gasteiger partial charge < -0.3 is 19.7 Å². The molecule has 1 saturated heterocycles. The van der Waals surface area contributed by atoms with Gasteiger partial charge in [0.25, 0.3) is 5.91 Å². The summed E-state index contributed by atoms with van der Waals surface area (Å²) in [5.41, 5.74) is 3.24. The van der Waals surface area contributed by atoms with Crippen LogP contribution in [0, 0.1) is 5.82 Å². The predicted octanol–water partition coefficient (Wildman–Crippen LogP) is 3.47. The molecule has 0 saturated carbocycles. The van der Waals surface area contributed by atoms with Crippen molar-refractivity contribution in [2.24, 2.45) is 0 Å². The minimum absolute atomic E-state index is 0.0123. The summed E-state index contributed by atoms with van der Waals surface area (Å²) in [4.78, 5) is 15.6. The van der Waals surface area contributed by atoms with E-state index < -0.39 is 6.10 Å². The van der Waals surface area contributed by atoms with E-state index in [9.17, 15) is 9.18 Å². The molecule has 4 atom stereocenters. The van der Waals surface area contributed by atoms with Crippen molar-refractivity contribution in [3.05, 3.63) is 71.0 Å². The first-order valence-electron chi connectivity index (χ1n) is 11.2. The summed E-state index contributed by atoms with van der Waals surface area (Å²) in [6, 6.07) is 14.5. The molecule has 0 bridgehead atoms. The summed E-state index contributed by atoms with van der Waals surface area (Å²) < 4.78 is 25.4. The van der Waals surface area contributed by atoms with Gasteiger partial charge in [-0.3, -0.25) is 4.79 Å². The molecule has 31 heavy (non-hydrogen) atoms. The second kappa shape index (κ2) is 9.90. The van der Waals surface area contributed by atoms with Crippen LogP contribution in [-0.4, -0.2) is 55.4 Å². The molecule has 1 N–H and O–H groups in total. The van der Waals surface area contributed by atoms with E-state index in [1.807, 2.05) is 24.0 Å². The molecule has 1 amide bonds. The number of benzene rings is 2. The maximum Gasteiger partial charge on any atom is 0.252 e. The third-order valence-corrected chi connectivity index (χ3v) is 6.25. The van der Waals surface area contributed by atoms with Gasteiger partial charge in [-0.2, -0.15) is 0 Å². The molecule has 0 unspecified atom stereocenters. The lowest BCUT2D eigenvalue weighted by Crippen LogP contribution is -2.55. The van der Waals surface area contributed by atoms with Gasteiger partial charge in [0.1, 0.15) is 11.9 Å². The summed E-state index contributed by atoms with van der Waals surface area (Å²) in [5, 5.41) is 3.45. The van der Waals surface area contributed by atoms with E-state index in [1.165, 1.54) is 17.7 Å². The van der Waals surface area contributed by atoms with E-state index in [2.05, 4.69) is 24.4 Å². The highest BCUT2D eigenvalue weighted by Crippen LogP contribution is 2.36. The Bertz CT molecular complexity index is 889. The number of likely N-dealkylation sites (N-methyl/N-ethyl adjacent to an activating group) is 1. The molecular formula is C25H31FN2O3. The van der Waals surface area contributed by atoms with E-state index in [-0.39, 0.29) is 29.9 Å². The third kappa shape index (κ3) is 4.66. The maximum absolute atomic E-state index is 13.7. The van der Waals surface area contributed by atoms with Crippen LogP contribution in [0.1, 0.15) is 43.0 Å². The lowest BCUT2D eigenvalue weighted by atomic mass is 9.87. The number of halogens is 1. The summed E-state index contributed by atoms with van der Waals surface area (Å²) in [7, 11) is 0. The molecule has 0 aromatic heterocycles. The van der Waals surface area contributed by atoms with Crippen LogP contribution in [0.5, 0.6) is 0 Å². The van der Waals surface area contributed by atoms with Crippen molar-refractivity contribution in [2.75, 3.05) is 26.3 Å². The Morgan fingerprint density at radius 2 is 1.97 bits per heavy atom. The number of carbonyl (C=O) groups is 1. The number of amides is 1. The van der Waals surface area contributed by atoms with Crippen molar-refractivity contribution >= 4 is 5.91 Å². The minimum Gasteiger partial charge on any atom is -0.374 e. The lowest BCUT2D eigenvalue weighted by molar-refractivity contribution is -0.158. The minimum atomic E-state index is -0.519. The normalized spacial score (nSPS) is 25.8. The average molecular weight is 427 g/mol. The Hall–Kier alpha value is -2.28. The van der Waals surface area contributed by atoms with Crippen LogP contribution in [0.2, 0.25) is 0 Å². The second-order valence-electron chi connectivity index (χ2n) is 8.15. The van der Waals surface area contributed by atoms with Crippen molar-refractivity contribution in [1.29, 1.82) is 0 Å². The van der Waals surface area contributed by atoms with E-state index in [4.69, 9.17) is 9.47 Å². The van der Waals surface area contributed by atoms with Gasteiger partial charge in [0, 0.05) is 25.6 Å². The molecule has 2 aliphatic rings. The van der Waals surface area contributed by atoms with Crippen LogP contribution in [0.15, 0.2) is 48.5 Å². The number of carbonyl (C=O) groups excluding carboxylic acids is 1. The second-order valence-corrected chi connectivity index (χ2v) is 8.15. The Kier molecular flexibility index (Phi) is 7.00. The smallest absolute Gasteiger partial charge is 0.252 e. The molecule has 5 nitrogen and oxygen atoms in total. The largest absolute Gasteiger partial charge is 0.374 e. The van der Waals surface area contributed by atoms with Crippen LogP contribution >= 0.6 is 0 Å². The zero-order chi connectivity index (χ0) is 21.8. The van der Waals surface area contributed by atoms with Crippen LogP contribution < -0.4 is 5.32 Å². The zero-order valence-electron chi connectivity index (χ0n) is 18.2. The Morgan fingerprint density at radius 1 is 1.19 bits per heavy atom. The Balaban J connectivity index is 1.61. The monoisotopic (exact) mass is 426 g/mol. The maximum atomic E-state index is 13.7. The molecule has 6 heteroatoms. The average Bonchev–Trinajstić information content (AvgIpc) is 2.80. The zero-order valence-corrected chi connectivity index (χ0v) is 18.2. The number of rotatable bonds is 6. The van der Waals surface area contributed by atoms with Crippen LogP contribution in [0.4, 0.5) is 4.39 Å². The molecule has 2 aromatic rings. The molecular weight excluding hydrogens is 395 g/mol. The highest BCUT2D eigenvalue weighted by molar-refractivity contribution is 5.82. The topological polar surface area (TPSA) is 50.8 Å². The molecule has 4 rings (SSSR count). The van der Waals surface area contributed by atoms with Gasteiger partial charge in [-0.05, 0) is 48.7 Å². The number of fused-ring (bicyclic) bond motifs is 1.